The van der Waals surface area contributed by atoms with Crippen LogP contribution in [0.25, 0.3) is 0 Å². The molecule has 0 radical (unpaired) electrons. The molecule has 0 amide bonds. The Hall–Kier alpha value is -0.810. The Bertz CT molecular complexity index is 441. The molecule has 1 rings (SSSR count). The fourth-order valence-corrected chi connectivity index (χ4v) is 2.16. The largest absolute Gasteiger partial charge is 0.463 e. The van der Waals surface area contributed by atoms with E-state index in [-0.39, 0.29) is 5.97 Å². The Morgan fingerprint density at radius 1 is 1.41 bits per heavy atom. The average molecular weight is 364 g/mol. The second-order valence-electron chi connectivity index (χ2n) is 3.21. The fraction of sp³-hybridized carbons (Fsp3) is 0.250. The molecule has 1 aromatic carbocycles. The van der Waals surface area contributed by atoms with Gasteiger partial charge in [0, 0.05) is 4.47 Å². The van der Waals surface area contributed by atoms with Crippen LogP contribution in [0.15, 0.2) is 39.0 Å². The average Bonchev–Trinajstić information content (AvgIpc) is 2.27. The molecule has 0 atom stereocenters. The molecule has 17 heavy (non-hydrogen) atoms. The molecule has 3 nitrogen and oxygen atoms in total. The molecule has 0 aliphatic heterocycles. The van der Waals surface area contributed by atoms with Gasteiger partial charge in [0.1, 0.15) is 12.0 Å². The molecule has 5 heteroatoms. The molecule has 0 spiro atoms. The maximum absolute atomic E-state index is 11.3. The van der Waals surface area contributed by atoms with Gasteiger partial charge in [0.15, 0.2) is 0 Å². The minimum Gasteiger partial charge on any atom is -0.463 e. The topological polar surface area (TPSA) is 35.5 Å². The molecule has 0 unspecified atom stereocenters. The normalized spacial score (nSPS) is 11.2. The van der Waals surface area contributed by atoms with Crippen molar-refractivity contribution in [3.05, 3.63) is 39.0 Å². The lowest BCUT2D eigenvalue weighted by Crippen LogP contribution is -2.06. The maximum atomic E-state index is 11.3. The maximum Gasteiger partial charge on any atom is 0.336 e. The monoisotopic (exact) mass is 362 g/mol. The summed E-state index contributed by atoms with van der Waals surface area (Å²) < 4.78 is 12.0. The number of rotatable bonds is 4. The molecule has 0 saturated carbocycles. The molecule has 92 valence electrons. The van der Waals surface area contributed by atoms with Crippen molar-refractivity contribution in [1.29, 1.82) is 0 Å². The number of halogens is 2. The summed E-state index contributed by atoms with van der Waals surface area (Å²) in [5, 5.41) is 0. The lowest BCUT2D eigenvalue weighted by molar-refractivity contribution is -0.138. The predicted molar refractivity (Wildman–Crippen MR) is 72.9 cm³/mol. The minimum absolute atomic E-state index is 0.353. The van der Waals surface area contributed by atoms with Crippen LogP contribution in [0.5, 0.6) is 5.75 Å². The van der Waals surface area contributed by atoms with Crippen LogP contribution in [0.1, 0.15) is 13.8 Å². The van der Waals surface area contributed by atoms with Crippen LogP contribution < -0.4 is 4.74 Å². The number of carbonyl (C=O) groups excluding carboxylic acids is 1. The highest BCUT2D eigenvalue weighted by Crippen LogP contribution is 2.28. The smallest absolute Gasteiger partial charge is 0.336 e. The van der Waals surface area contributed by atoms with Gasteiger partial charge in [-0.1, -0.05) is 15.9 Å². The third kappa shape index (κ3) is 4.52. The van der Waals surface area contributed by atoms with E-state index in [1.165, 1.54) is 6.26 Å². The molecule has 0 N–H and O–H groups in total. The van der Waals surface area contributed by atoms with Crippen LogP contribution in [-0.2, 0) is 9.53 Å². The van der Waals surface area contributed by atoms with Gasteiger partial charge in [0.05, 0.1) is 16.7 Å². The van der Waals surface area contributed by atoms with Crippen molar-refractivity contribution >= 4 is 37.8 Å². The van der Waals surface area contributed by atoms with Crippen molar-refractivity contribution in [2.45, 2.75) is 13.8 Å². The summed E-state index contributed by atoms with van der Waals surface area (Å²) in [6.07, 6.45) is 1.38. The second-order valence-corrected chi connectivity index (χ2v) is 4.98. The lowest BCUT2D eigenvalue weighted by Gasteiger charge is -2.05. The van der Waals surface area contributed by atoms with Crippen molar-refractivity contribution in [3.63, 3.8) is 0 Å². The summed E-state index contributed by atoms with van der Waals surface area (Å²) in [4.78, 5) is 11.3. The van der Waals surface area contributed by atoms with E-state index in [0.717, 1.165) is 8.95 Å². The van der Waals surface area contributed by atoms with Crippen LogP contribution in [0.2, 0.25) is 0 Å². The first-order valence-corrected chi connectivity index (χ1v) is 6.58. The number of ether oxygens (including phenoxy) is 2. The highest BCUT2D eigenvalue weighted by atomic mass is 79.9. The van der Waals surface area contributed by atoms with Crippen molar-refractivity contribution in [3.8, 4) is 5.75 Å². The molecule has 0 saturated heterocycles. The van der Waals surface area contributed by atoms with Crippen molar-refractivity contribution in [1.82, 2.24) is 0 Å². The summed E-state index contributed by atoms with van der Waals surface area (Å²) in [5.41, 5.74) is 0.418. The third-order valence-corrected chi connectivity index (χ3v) is 2.97. The molecular weight excluding hydrogens is 352 g/mol. The lowest BCUT2D eigenvalue weighted by atomic mass is 10.3. The summed E-state index contributed by atoms with van der Waals surface area (Å²) >= 11 is 6.71. The van der Waals surface area contributed by atoms with Crippen molar-refractivity contribution in [2.75, 3.05) is 6.61 Å². The molecule has 0 fully saturated rings. The molecule has 1 aromatic rings. The second kappa shape index (κ2) is 6.81. The van der Waals surface area contributed by atoms with E-state index >= 15 is 0 Å². The zero-order valence-corrected chi connectivity index (χ0v) is 12.7. The van der Waals surface area contributed by atoms with Gasteiger partial charge >= 0.3 is 5.97 Å². The zero-order chi connectivity index (χ0) is 12.8. The molecule has 0 bridgehead atoms. The predicted octanol–water partition coefficient (Wildman–Crippen LogP) is 4.06. The zero-order valence-electron chi connectivity index (χ0n) is 9.50. The number of benzene rings is 1. The highest BCUT2D eigenvalue weighted by Gasteiger charge is 2.06. The van der Waals surface area contributed by atoms with Crippen molar-refractivity contribution in [2.24, 2.45) is 0 Å². The first kappa shape index (κ1) is 14.3. The van der Waals surface area contributed by atoms with Gasteiger partial charge in [-0.25, -0.2) is 4.79 Å². The highest BCUT2D eigenvalue weighted by molar-refractivity contribution is 9.11. The number of carbonyl (C=O) groups is 1. The van der Waals surface area contributed by atoms with Crippen LogP contribution >= 0.6 is 31.9 Å². The van der Waals surface area contributed by atoms with E-state index in [1.54, 1.807) is 19.9 Å². The SMILES string of the molecule is CCOC(=O)/C(C)=C/Oc1ccc(Br)cc1Br. The molecule has 0 aliphatic carbocycles. The number of esters is 1. The summed E-state index contributed by atoms with van der Waals surface area (Å²) in [5.74, 6) is 0.262. The van der Waals surface area contributed by atoms with Gasteiger partial charge in [-0.2, -0.15) is 0 Å². The van der Waals surface area contributed by atoms with E-state index in [1.807, 2.05) is 12.1 Å². The number of hydrogen-bond acceptors (Lipinski definition) is 3. The first-order valence-electron chi connectivity index (χ1n) is 5.00. The van der Waals surface area contributed by atoms with Crippen LogP contribution in [0.4, 0.5) is 0 Å². The van der Waals surface area contributed by atoms with E-state index < -0.39 is 0 Å². The Kier molecular flexibility index (Phi) is 5.71. The van der Waals surface area contributed by atoms with E-state index in [2.05, 4.69) is 31.9 Å². The standard InChI is InChI=1S/C12H12Br2O3/c1-3-16-12(15)8(2)7-17-11-5-4-9(13)6-10(11)14/h4-7H,3H2,1-2H3/b8-7+. The van der Waals surface area contributed by atoms with E-state index in [0.29, 0.717) is 17.9 Å². The van der Waals surface area contributed by atoms with Gasteiger partial charge in [-0.15, -0.1) is 0 Å². The molecule has 0 heterocycles. The van der Waals surface area contributed by atoms with Gasteiger partial charge in [0.2, 0.25) is 0 Å². The summed E-state index contributed by atoms with van der Waals surface area (Å²) in [6.45, 7) is 3.76. The minimum atomic E-state index is -0.374. The van der Waals surface area contributed by atoms with Crippen molar-refractivity contribution < 1.29 is 14.3 Å². The van der Waals surface area contributed by atoms with Crippen LogP contribution in [-0.4, -0.2) is 12.6 Å². The van der Waals surface area contributed by atoms with E-state index in [4.69, 9.17) is 9.47 Å². The molecule has 0 aromatic heterocycles. The quantitative estimate of drug-likeness (QED) is 0.459. The van der Waals surface area contributed by atoms with Gasteiger partial charge in [-0.05, 0) is 48.0 Å². The Labute approximate surface area is 117 Å². The Morgan fingerprint density at radius 3 is 2.71 bits per heavy atom. The Morgan fingerprint density at radius 2 is 2.12 bits per heavy atom. The van der Waals surface area contributed by atoms with Gasteiger partial charge < -0.3 is 9.47 Å². The van der Waals surface area contributed by atoms with Gasteiger partial charge in [0.25, 0.3) is 0 Å². The first-order chi connectivity index (χ1) is 8.04. The summed E-state index contributed by atoms with van der Waals surface area (Å²) in [7, 11) is 0. The molecular formula is C12H12Br2O3. The Balaban J connectivity index is 2.72. The summed E-state index contributed by atoms with van der Waals surface area (Å²) in [6, 6.07) is 5.51. The third-order valence-electron chi connectivity index (χ3n) is 1.85. The fourth-order valence-electron chi connectivity index (χ4n) is 1.02. The van der Waals surface area contributed by atoms with Crippen LogP contribution in [0, 0.1) is 0 Å². The van der Waals surface area contributed by atoms with E-state index in [9.17, 15) is 4.79 Å². The molecule has 0 aliphatic rings. The van der Waals surface area contributed by atoms with Crippen LogP contribution in [0.3, 0.4) is 0 Å². The van der Waals surface area contributed by atoms with Gasteiger partial charge in [-0.3, -0.25) is 0 Å². The number of hydrogen-bond donors (Lipinski definition) is 0.